The summed E-state index contributed by atoms with van der Waals surface area (Å²) in [5, 5.41) is 0. The molecular formula is C17H27N3. The standard InChI is InChI=1S/C17H27N3/c1-2-19-13-7-8-16(19)15-9-10-17(18-14-15)20-11-5-3-4-6-12-20/h9-10,14,16H,2-8,11-13H2,1H3. The van der Waals surface area contributed by atoms with E-state index in [9.17, 15) is 0 Å². The highest BCUT2D eigenvalue weighted by Crippen LogP contribution is 2.31. The maximum absolute atomic E-state index is 4.76. The first-order valence-electron chi connectivity index (χ1n) is 8.33. The minimum Gasteiger partial charge on any atom is -0.357 e. The van der Waals surface area contributed by atoms with E-state index in [0.717, 1.165) is 6.54 Å². The van der Waals surface area contributed by atoms with Crippen molar-refractivity contribution in [2.45, 2.75) is 51.5 Å². The molecule has 2 aliphatic rings. The summed E-state index contributed by atoms with van der Waals surface area (Å²) in [5.74, 6) is 1.18. The van der Waals surface area contributed by atoms with Crippen LogP contribution in [-0.4, -0.2) is 36.1 Å². The molecule has 2 aliphatic heterocycles. The number of likely N-dealkylation sites (tertiary alicyclic amines) is 1. The first-order valence-corrected chi connectivity index (χ1v) is 8.33. The van der Waals surface area contributed by atoms with Crippen molar-refractivity contribution < 1.29 is 0 Å². The molecule has 2 fully saturated rings. The monoisotopic (exact) mass is 273 g/mol. The first-order chi connectivity index (χ1) is 9.88. The number of nitrogens with zero attached hydrogens (tertiary/aromatic N) is 3. The molecule has 0 aromatic carbocycles. The molecule has 1 atom stereocenters. The molecule has 0 radical (unpaired) electrons. The summed E-state index contributed by atoms with van der Waals surface area (Å²) in [5.41, 5.74) is 1.41. The zero-order chi connectivity index (χ0) is 13.8. The Hall–Kier alpha value is -1.09. The third-order valence-electron chi connectivity index (χ3n) is 4.86. The number of pyridine rings is 1. The largest absolute Gasteiger partial charge is 0.357 e. The van der Waals surface area contributed by atoms with Gasteiger partial charge in [0.2, 0.25) is 0 Å². The summed E-state index contributed by atoms with van der Waals surface area (Å²) in [6.07, 6.45) is 10.1. The number of anilines is 1. The van der Waals surface area contributed by atoms with Crippen LogP contribution in [0.4, 0.5) is 5.82 Å². The first kappa shape index (κ1) is 13.9. The summed E-state index contributed by atoms with van der Waals surface area (Å²) >= 11 is 0. The molecule has 1 aromatic heterocycles. The SMILES string of the molecule is CCN1CCCC1c1ccc(N2CCCCCC2)nc1. The normalized spacial score (nSPS) is 24.9. The molecule has 0 spiro atoms. The number of hydrogen-bond donors (Lipinski definition) is 0. The lowest BCUT2D eigenvalue weighted by Gasteiger charge is -2.25. The lowest BCUT2D eigenvalue weighted by atomic mass is 10.1. The van der Waals surface area contributed by atoms with Crippen LogP contribution >= 0.6 is 0 Å². The third-order valence-corrected chi connectivity index (χ3v) is 4.86. The van der Waals surface area contributed by atoms with Crippen molar-refractivity contribution >= 4 is 5.82 Å². The van der Waals surface area contributed by atoms with Gasteiger partial charge in [0.15, 0.2) is 0 Å². The van der Waals surface area contributed by atoms with Crippen molar-refractivity contribution in [3.05, 3.63) is 23.9 Å². The Morgan fingerprint density at radius 2 is 1.85 bits per heavy atom. The fourth-order valence-corrected chi connectivity index (χ4v) is 3.66. The van der Waals surface area contributed by atoms with Crippen LogP contribution in [-0.2, 0) is 0 Å². The Balaban J connectivity index is 1.70. The van der Waals surface area contributed by atoms with E-state index in [4.69, 9.17) is 4.98 Å². The Morgan fingerprint density at radius 1 is 1.05 bits per heavy atom. The van der Waals surface area contributed by atoms with Crippen molar-refractivity contribution in [1.82, 2.24) is 9.88 Å². The lowest BCUT2D eigenvalue weighted by molar-refractivity contribution is 0.271. The Bertz CT molecular complexity index is 407. The van der Waals surface area contributed by atoms with Gasteiger partial charge in [0.05, 0.1) is 0 Å². The van der Waals surface area contributed by atoms with Crippen LogP contribution in [0.15, 0.2) is 18.3 Å². The van der Waals surface area contributed by atoms with Crippen molar-refractivity contribution in [2.24, 2.45) is 0 Å². The van der Waals surface area contributed by atoms with E-state index in [2.05, 4.69) is 35.1 Å². The van der Waals surface area contributed by atoms with Gasteiger partial charge in [-0.2, -0.15) is 0 Å². The summed E-state index contributed by atoms with van der Waals surface area (Å²) in [6.45, 7) is 7.01. The highest BCUT2D eigenvalue weighted by Gasteiger charge is 2.24. The van der Waals surface area contributed by atoms with Crippen molar-refractivity contribution in [1.29, 1.82) is 0 Å². The topological polar surface area (TPSA) is 19.4 Å². The van der Waals surface area contributed by atoms with Crippen LogP contribution in [0, 0.1) is 0 Å². The number of aromatic nitrogens is 1. The third kappa shape index (κ3) is 2.98. The molecule has 1 aromatic rings. The predicted octanol–water partition coefficient (Wildman–Crippen LogP) is 3.62. The van der Waals surface area contributed by atoms with Gasteiger partial charge in [0, 0.05) is 25.3 Å². The second-order valence-corrected chi connectivity index (χ2v) is 6.14. The van der Waals surface area contributed by atoms with E-state index in [1.165, 1.54) is 69.5 Å². The van der Waals surface area contributed by atoms with Gasteiger partial charge in [0.25, 0.3) is 0 Å². The minimum absolute atomic E-state index is 0.602. The Labute approximate surface area is 123 Å². The van der Waals surface area contributed by atoms with E-state index in [1.807, 2.05) is 0 Å². The van der Waals surface area contributed by atoms with Gasteiger partial charge in [-0.3, -0.25) is 4.90 Å². The second kappa shape index (κ2) is 6.57. The van der Waals surface area contributed by atoms with E-state index < -0.39 is 0 Å². The van der Waals surface area contributed by atoms with E-state index in [1.54, 1.807) is 0 Å². The van der Waals surface area contributed by atoms with Crippen LogP contribution in [0.3, 0.4) is 0 Å². The molecule has 1 unspecified atom stereocenters. The highest BCUT2D eigenvalue weighted by molar-refractivity contribution is 5.40. The van der Waals surface area contributed by atoms with E-state index in [0.29, 0.717) is 6.04 Å². The molecule has 2 saturated heterocycles. The molecule has 110 valence electrons. The predicted molar refractivity (Wildman–Crippen MR) is 84.1 cm³/mol. The molecule has 0 N–H and O–H groups in total. The summed E-state index contributed by atoms with van der Waals surface area (Å²) in [7, 11) is 0. The average Bonchev–Trinajstić information content (AvgIpc) is 2.81. The molecule has 20 heavy (non-hydrogen) atoms. The van der Waals surface area contributed by atoms with Gasteiger partial charge in [-0.25, -0.2) is 4.98 Å². The van der Waals surface area contributed by atoms with Gasteiger partial charge >= 0.3 is 0 Å². The maximum Gasteiger partial charge on any atom is 0.128 e. The van der Waals surface area contributed by atoms with Gasteiger partial charge in [-0.15, -0.1) is 0 Å². The number of rotatable bonds is 3. The Morgan fingerprint density at radius 3 is 2.50 bits per heavy atom. The van der Waals surface area contributed by atoms with Crippen molar-refractivity contribution in [3.8, 4) is 0 Å². The van der Waals surface area contributed by atoms with Crippen molar-refractivity contribution in [2.75, 3.05) is 31.1 Å². The molecule has 3 rings (SSSR count). The minimum atomic E-state index is 0.602. The van der Waals surface area contributed by atoms with Crippen LogP contribution in [0.5, 0.6) is 0 Å². The average molecular weight is 273 g/mol. The van der Waals surface area contributed by atoms with Crippen LogP contribution in [0.1, 0.15) is 57.1 Å². The summed E-state index contributed by atoms with van der Waals surface area (Å²) < 4.78 is 0. The van der Waals surface area contributed by atoms with Crippen molar-refractivity contribution in [3.63, 3.8) is 0 Å². The smallest absolute Gasteiger partial charge is 0.128 e. The van der Waals surface area contributed by atoms with Crippen LogP contribution in [0.2, 0.25) is 0 Å². The van der Waals surface area contributed by atoms with Crippen LogP contribution in [0.25, 0.3) is 0 Å². The Kier molecular flexibility index (Phi) is 4.56. The second-order valence-electron chi connectivity index (χ2n) is 6.14. The fourth-order valence-electron chi connectivity index (χ4n) is 3.66. The van der Waals surface area contributed by atoms with Gasteiger partial charge in [0.1, 0.15) is 5.82 Å². The molecule has 0 bridgehead atoms. The molecule has 3 nitrogen and oxygen atoms in total. The van der Waals surface area contributed by atoms with Gasteiger partial charge < -0.3 is 4.90 Å². The molecule has 0 saturated carbocycles. The van der Waals surface area contributed by atoms with Crippen LogP contribution < -0.4 is 4.90 Å². The maximum atomic E-state index is 4.76. The molecule has 0 aliphatic carbocycles. The number of hydrogen-bond acceptors (Lipinski definition) is 3. The van der Waals surface area contributed by atoms with Gasteiger partial charge in [-0.05, 0) is 50.4 Å². The fraction of sp³-hybridized carbons (Fsp3) is 0.706. The van der Waals surface area contributed by atoms with E-state index in [-0.39, 0.29) is 0 Å². The molecular weight excluding hydrogens is 246 g/mol. The molecule has 3 heteroatoms. The quantitative estimate of drug-likeness (QED) is 0.838. The highest BCUT2D eigenvalue weighted by atomic mass is 15.2. The van der Waals surface area contributed by atoms with E-state index >= 15 is 0 Å². The molecule has 3 heterocycles. The zero-order valence-electron chi connectivity index (χ0n) is 12.7. The summed E-state index contributed by atoms with van der Waals surface area (Å²) in [6, 6.07) is 5.16. The molecule has 0 amide bonds. The lowest BCUT2D eigenvalue weighted by Crippen LogP contribution is -2.25. The van der Waals surface area contributed by atoms with Gasteiger partial charge in [-0.1, -0.05) is 25.8 Å². The summed E-state index contributed by atoms with van der Waals surface area (Å²) in [4.78, 5) is 9.79. The zero-order valence-corrected chi connectivity index (χ0v) is 12.7.